The number of hydrogen-bond donors (Lipinski definition) is 2. The van der Waals surface area contributed by atoms with Crippen LogP contribution >= 0.6 is 0 Å². The van der Waals surface area contributed by atoms with Crippen molar-refractivity contribution >= 4 is 10.0 Å². The van der Waals surface area contributed by atoms with Crippen LogP contribution in [0.5, 0.6) is 0 Å². The van der Waals surface area contributed by atoms with E-state index in [1.807, 2.05) is 0 Å². The Morgan fingerprint density at radius 3 is 2.60 bits per heavy atom. The van der Waals surface area contributed by atoms with Gasteiger partial charge in [-0.2, -0.15) is 4.31 Å². The predicted molar refractivity (Wildman–Crippen MR) is 76.7 cm³/mol. The van der Waals surface area contributed by atoms with Gasteiger partial charge in [0.25, 0.3) is 10.0 Å². The van der Waals surface area contributed by atoms with Crippen molar-refractivity contribution in [2.24, 2.45) is 5.73 Å². The summed E-state index contributed by atoms with van der Waals surface area (Å²) in [5.41, 5.74) is 5.80. The molecule has 1 unspecified atom stereocenters. The Hall–Kier alpha value is -0.960. The van der Waals surface area contributed by atoms with Crippen molar-refractivity contribution < 1.29 is 8.42 Å². The van der Waals surface area contributed by atoms with Crippen molar-refractivity contribution in [2.45, 2.75) is 30.8 Å². The molecule has 2 heterocycles. The minimum atomic E-state index is -3.43. The van der Waals surface area contributed by atoms with Crippen molar-refractivity contribution in [3.8, 4) is 0 Å². The summed E-state index contributed by atoms with van der Waals surface area (Å²) in [6, 6.07) is 0.358. The zero-order chi connectivity index (χ0) is 14.6. The van der Waals surface area contributed by atoms with Crippen LogP contribution in [0.3, 0.4) is 0 Å². The Balaban J connectivity index is 1.98. The van der Waals surface area contributed by atoms with Gasteiger partial charge in [0.15, 0.2) is 5.03 Å². The molecular weight excluding hydrogens is 278 g/mol. The van der Waals surface area contributed by atoms with Crippen molar-refractivity contribution in [3.05, 3.63) is 12.5 Å². The van der Waals surface area contributed by atoms with Gasteiger partial charge in [-0.1, -0.05) is 13.3 Å². The predicted octanol–water partition coefficient (Wildman–Crippen LogP) is -0.157. The van der Waals surface area contributed by atoms with Gasteiger partial charge in [-0.15, -0.1) is 0 Å². The fourth-order valence-electron chi connectivity index (χ4n) is 2.62. The first-order chi connectivity index (χ1) is 9.59. The fraction of sp³-hybridized carbons (Fsp3) is 0.750. The lowest BCUT2D eigenvalue weighted by Gasteiger charge is -2.38. The molecule has 0 amide bonds. The van der Waals surface area contributed by atoms with Gasteiger partial charge < -0.3 is 10.7 Å². The molecule has 114 valence electrons. The highest BCUT2D eigenvalue weighted by Crippen LogP contribution is 2.17. The molecule has 0 bridgehead atoms. The molecule has 1 aromatic heterocycles. The zero-order valence-electron chi connectivity index (χ0n) is 11.8. The van der Waals surface area contributed by atoms with Crippen LogP contribution in [0.25, 0.3) is 0 Å². The molecule has 7 nitrogen and oxygen atoms in total. The second-order valence-electron chi connectivity index (χ2n) is 5.03. The number of sulfonamides is 1. The smallest absolute Gasteiger partial charge is 0.260 e. The van der Waals surface area contributed by atoms with E-state index in [9.17, 15) is 8.42 Å². The number of rotatable bonds is 6. The van der Waals surface area contributed by atoms with Crippen LogP contribution in [0.15, 0.2) is 17.6 Å². The van der Waals surface area contributed by atoms with E-state index in [0.717, 1.165) is 25.9 Å². The van der Waals surface area contributed by atoms with Crippen molar-refractivity contribution in [2.75, 3.05) is 32.7 Å². The lowest BCUT2D eigenvalue weighted by Crippen LogP contribution is -2.53. The monoisotopic (exact) mass is 301 g/mol. The molecule has 1 atom stereocenters. The Bertz CT molecular complexity index is 494. The highest BCUT2D eigenvalue weighted by atomic mass is 32.2. The van der Waals surface area contributed by atoms with Gasteiger partial charge in [-0.3, -0.25) is 4.90 Å². The second-order valence-corrected chi connectivity index (χ2v) is 6.94. The summed E-state index contributed by atoms with van der Waals surface area (Å²) in [4.78, 5) is 8.74. The number of nitrogens with two attached hydrogens (primary N) is 1. The van der Waals surface area contributed by atoms with Crippen LogP contribution in [-0.4, -0.2) is 66.4 Å². The number of nitrogens with one attached hydrogen (secondary N) is 1. The van der Waals surface area contributed by atoms with E-state index in [1.165, 1.54) is 16.8 Å². The molecule has 0 aromatic carbocycles. The van der Waals surface area contributed by atoms with Crippen molar-refractivity contribution in [3.63, 3.8) is 0 Å². The number of H-pyrrole nitrogens is 1. The second kappa shape index (κ2) is 6.66. The van der Waals surface area contributed by atoms with Crippen LogP contribution in [0.2, 0.25) is 0 Å². The molecule has 1 saturated heterocycles. The molecule has 0 aliphatic carbocycles. The summed E-state index contributed by atoms with van der Waals surface area (Å²) in [6.45, 7) is 5.23. The van der Waals surface area contributed by atoms with E-state index in [-0.39, 0.29) is 5.03 Å². The van der Waals surface area contributed by atoms with E-state index in [2.05, 4.69) is 21.8 Å². The summed E-state index contributed by atoms with van der Waals surface area (Å²) in [6.07, 6.45) is 4.88. The summed E-state index contributed by atoms with van der Waals surface area (Å²) < 4.78 is 26.2. The largest absolute Gasteiger partial charge is 0.335 e. The average Bonchev–Trinajstić information content (AvgIpc) is 3.00. The summed E-state index contributed by atoms with van der Waals surface area (Å²) in [5, 5.41) is 0.162. The highest BCUT2D eigenvalue weighted by Gasteiger charge is 2.31. The van der Waals surface area contributed by atoms with Crippen LogP contribution in [0.4, 0.5) is 0 Å². The molecule has 8 heteroatoms. The number of nitrogens with zero attached hydrogens (tertiary/aromatic N) is 3. The van der Waals surface area contributed by atoms with Gasteiger partial charge in [-0.05, 0) is 6.42 Å². The van der Waals surface area contributed by atoms with Crippen LogP contribution < -0.4 is 5.73 Å². The Morgan fingerprint density at radius 1 is 1.40 bits per heavy atom. The van der Waals surface area contributed by atoms with E-state index in [0.29, 0.717) is 25.7 Å². The third kappa shape index (κ3) is 3.20. The number of aromatic nitrogens is 2. The Morgan fingerprint density at radius 2 is 2.10 bits per heavy atom. The minimum Gasteiger partial charge on any atom is -0.335 e. The quantitative estimate of drug-likeness (QED) is 0.761. The molecule has 1 aliphatic heterocycles. The number of piperazine rings is 1. The van der Waals surface area contributed by atoms with E-state index in [4.69, 9.17) is 5.73 Å². The average molecular weight is 301 g/mol. The zero-order valence-corrected chi connectivity index (χ0v) is 12.6. The summed E-state index contributed by atoms with van der Waals surface area (Å²) in [7, 11) is -3.43. The highest BCUT2D eigenvalue weighted by molar-refractivity contribution is 7.89. The third-order valence-corrected chi connectivity index (χ3v) is 5.60. The molecule has 1 aromatic rings. The maximum Gasteiger partial charge on any atom is 0.260 e. The normalized spacial score (nSPS) is 20.1. The third-order valence-electron chi connectivity index (χ3n) is 3.77. The molecule has 0 spiro atoms. The van der Waals surface area contributed by atoms with Gasteiger partial charge in [0.2, 0.25) is 0 Å². The SMILES string of the molecule is CCCC(CN)N1CCN(S(=O)(=O)c2cnc[nH]2)CC1. The van der Waals surface area contributed by atoms with E-state index < -0.39 is 10.0 Å². The molecule has 1 aliphatic rings. The molecule has 3 N–H and O–H groups in total. The number of aromatic amines is 1. The fourth-order valence-corrected chi connectivity index (χ4v) is 3.93. The molecular formula is C12H23N5O2S. The molecule has 0 radical (unpaired) electrons. The summed E-state index contributed by atoms with van der Waals surface area (Å²) >= 11 is 0. The molecule has 0 saturated carbocycles. The van der Waals surface area contributed by atoms with E-state index >= 15 is 0 Å². The van der Waals surface area contributed by atoms with Gasteiger partial charge in [0.05, 0.1) is 12.5 Å². The number of imidazole rings is 1. The molecule has 20 heavy (non-hydrogen) atoms. The van der Waals surface area contributed by atoms with Crippen LogP contribution in [-0.2, 0) is 10.0 Å². The van der Waals surface area contributed by atoms with Crippen LogP contribution in [0, 0.1) is 0 Å². The first kappa shape index (κ1) is 15.4. The van der Waals surface area contributed by atoms with Gasteiger partial charge in [0.1, 0.15) is 0 Å². The standard InChI is InChI=1S/C12H23N5O2S/c1-2-3-11(8-13)16-4-6-17(7-5-16)20(18,19)12-9-14-10-15-12/h9-11H,2-8,13H2,1H3,(H,14,15). The van der Waals surface area contributed by atoms with Crippen molar-refractivity contribution in [1.82, 2.24) is 19.2 Å². The Labute approximate surface area is 120 Å². The molecule has 2 rings (SSSR count). The molecule has 1 fully saturated rings. The maximum atomic E-state index is 12.3. The summed E-state index contributed by atoms with van der Waals surface area (Å²) in [5.74, 6) is 0. The number of hydrogen-bond acceptors (Lipinski definition) is 5. The van der Waals surface area contributed by atoms with Gasteiger partial charge >= 0.3 is 0 Å². The first-order valence-electron chi connectivity index (χ1n) is 7.02. The van der Waals surface area contributed by atoms with Crippen molar-refractivity contribution in [1.29, 1.82) is 0 Å². The maximum absolute atomic E-state index is 12.3. The van der Waals surface area contributed by atoms with E-state index in [1.54, 1.807) is 0 Å². The van der Waals surface area contributed by atoms with Gasteiger partial charge in [0, 0.05) is 38.8 Å². The lowest BCUT2D eigenvalue weighted by atomic mass is 10.1. The lowest BCUT2D eigenvalue weighted by molar-refractivity contribution is 0.133. The minimum absolute atomic E-state index is 0.162. The first-order valence-corrected chi connectivity index (χ1v) is 8.46. The van der Waals surface area contributed by atoms with Gasteiger partial charge in [-0.25, -0.2) is 13.4 Å². The van der Waals surface area contributed by atoms with Crippen LogP contribution in [0.1, 0.15) is 19.8 Å². The topological polar surface area (TPSA) is 95.3 Å². The Kier molecular flexibility index (Phi) is 5.14.